The molecule has 4 aromatic carbocycles. The maximum atomic E-state index is 13.0. The highest BCUT2D eigenvalue weighted by Gasteiger charge is 2.16. The van der Waals surface area contributed by atoms with Gasteiger partial charge in [-0.25, -0.2) is 9.59 Å². The molecular weight excluding hydrogens is 633 g/mol. The van der Waals surface area contributed by atoms with Crippen molar-refractivity contribution in [1.82, 2.24) is 0 Å². The number of fused-ring (bicyclic) bond motifs is 1. The largest absolute Gasteiger partial charge is 0.494 e. The number of benzene rings is 4. The van der Waals surface area contributed by atoms with Crippen molar-refractivity contribution in [2.45, 2.75) is 25.9 Å². The fraction of sp³-hybridized carbons (Fsp3) is 0.289. The van der Waals surface area contributed by atoms with Crippen LogP contribution in [0.5, 0.6) is 23.0 Å². The number of esters is 2. The van der Waals surface area contributed by atoms with Crippen LogP contribution in [0.25, 0.3) is 10.8 Å². The van der Waals surface area contributed by atoms with E-state index < -0.39 is 17.8 Å². The van der Waals surface area contributed by atoms with Crippen LogP contribution in [0.2, 0.25) is 0 Å². The highest BCUT2D eigenvalue weighted by molar-refractivity contribution is 6.03. The third-order valence-electron chi connectivity index (χ3n) is 7.27. The SMILES string of the molecule is C=C(F)C(=O)OCCOCCOc1ccc(C(=O)Oc2ccc3cc(OC(CC)c4ccc(OCCCOC)cc4)ccc3c2C=N)cc1. The molecule has 0 saturated heterocycles. The molecule has 4 rings (SSSR count). The zero-order valence-corrected chi connectivity index (χ0v) is 27.6. The van der Waals surface area contributed by atoms with Crippen molar-refractivity contribution in [2.75, 3.05) is 46.8 Å². The van der Waals surface area contributed by atoms with Crippen LogP contribution in [-0.2, 0) is 19.0 Å². The van der Waals surface area contributed by atoms with Crippen LogP contribution < -0.4 is 18.9 Å². The zero-order valence-electron chi connectivity index (χ0n) is 27.6. The molecule has 0 spiro atoms. The molecular formula is C38H40FNO9. The van der Waals surface area contributed by atoms with Crippen LogP contribution in [-0.4, -0.2) is 64.9 Å². The lowest BCUT2D eigenvalue weighted by molar-refractivity contribution is -0.142. The van der Waals surface area contributed by atoms with Crippen LogP contribution in [0.3, 0.4) is 0 Å². The van der Waals surface area contributed by atoms with Gasteiger partial charge in [0, 0.05) is 31.9 Å². The van der Waals surface area contributed by atoms with Crippen molar-refractivity contribution in [3.05, 3.63) is 108 Å². The summed E-state index contributed by atoms with van der Waals surface area (Å²) in [4.78, 5) is 23.9. The number of ether oxygens (including phenoxy) is 7. The van der Waals surface area contributed by atoms with Gasteiger partial charge in [-0.3, -0.25) is 0 Å². The quantitative estimate of drug-likeness (QED) is 0.0336. The fourth-order valence-electron chi connectivity index (χ4n) is 4.78. The van der Waals surface area contributed by atoms with Gasteiger partial charge in [0.05, 0.1) is 25.4 Å². The third-order valence-corrected chi connectivity index (χ3v) is 7.27. The summed E-state index contributed by atoms with van der Waals surface area (Å²) < 4.78 is 50.9. The normalized spacial score (nSPS) is 11.4. The first-order chi connectivity index (χ1) is 23.8. The lowest BCUT2D eigenvalue weighted by atomic mass is 10.0. The topological polar surface area (TPSA) is 123 Å². The second-order valence-electron chi connectivity index (χ2n) is 10.7. The second-order valence-corrected chi connectivity index (χ2v) is 10.7. The molecule has 0 fully saturated rings. The molecule has 1 atom stereocenters. The number of carbonyl (C=O) groups is 2. The second kappa shape index (κ2) is 18.9. The van der Waals surface area contributed by atoms with E-state index in [0.29, 0.717) is 35.8 Å². The highest BCUT2D eigenvalue weighted by Crippen LogP contribution is 2.33. The van der Waals surface area contributed by atoms with E-state index in [2.05, 4.69) is 18.2 Å². The molecule has 0 bridgehead atoms. The van der Waals surface area contributed by atoms with E-state index in [1.54, 1.807) is 37.4 Å². The van der Waals surface area contributed by atoms with Crippen LogP contribution in [0, 0.1) is 5.41 Å². The van der Waals surface area contributed by atoms with E-state index in [4.69, 9.17) is 33.8 Å². The summed E-state index contributed by atoms with van der Waals surface area (Å²) in [6.45, 7) is 6.55. The Bertz CT molecular complexity index is 1710. The summed E-state index contributed by atoms with van der Waals surface area (Å²) in [7, 11) is 1.67. The van der Waals surface area contributed by atoms with Crippen molar-refractivity contribution in [2.24, 2.45) is 0 Å². The number of carbonyl (C=O) groups excluding carboxylic acids is 2. The van der Waals surface area contributed by atoms with E-state index >= 15 is 0 Å². The maximum absolute atomic E-state index is 13.0. The monoisotopic (exact) mass is 673 g/mol. The number of hydrogen-bond donors (Lipinski definition) is 1. The molecule has 0 aromatic heterocycles. The van der Waals surface area contributed by atoms with Gasteiger partial charge in [0.1, 0.15) is 42.3 Å². The minimum Gasteiger partial charge on any atom is -0.494 e. The van der Waals surface area contributed by atoms with Crippen molar-refractivity contribution >= 4 is 28.9 Å². The highest BCUT2D eigenvalue weighted by atomic mass is 19.1. The van der Waals surface area contributed by atoms with Gasteiger partial charge in [-0.15, -0.1) is 0 Å². The molecule has 4 aromatic rings. The number of hydrogen-bond acceptors (Lipinski definition) is 10. The molecule has 0 aliphatic carbocycles. The number of nitrogens with one attached hydrogen (secondary N) is 1. The molecule has 1 N–H and O–H groups in total. The van der Waals surface area contributed by atoms with Crippen molar-refractivity contribution < 1.29 is 47.1 Å². The third kappa shape index (κ3) is 10.9. The Morgan fingerprint density at radius 3 is 2.18 bits per heavy atom. The van der Waals surface area contributed by atoms with Gasteiger partial charge in [-0.1, -0.05) is 31.7 Å². The van der Waals surface area contributed by atoms with Crippen molar-refractivity contribution in [3.8, 4) is 23.0 Å². The number of rotatable bonds is 20. The summed E-state index contributed by atoms with van der Waals surface area (Å²) in [6.07, 6.45) is 2.58. The van der Waals surface area contributed by atoms with E-state index in [0.717, 1.165) is 34.9 Å². The van der Waals surface area contributed by atoms with Gasteiger partial charge in [0.25, 0.3) is 0 Å². The predicted octanol–water partition coefficient (Wildman–Crippen LogP) is 7.42. The average molecular weight is 674 g/mol. The molecule has 0 aliphatic rings. The molecule has 1 unspecified atom stereocenters. The summed E-state index contributed by atoms with van der Waals surface area (Å²) in [5, 5.41) is 9.63. The molecule has 49 heavy (non-hydrogen) atoms. The minimum atomic E-state index is -1.16. The van der Waals surface area contributed by atoms with E-state index in [-0.39, 0.29) is 38.3 Å². The van der Waals surface area contributed by atoms with Crippen LogP contribution >= 0.6 is 0 Å². The molecule has 258 valence electrons. The maximum Gasteiger partial charge on any atom is 0.366 e. The first-order valence-corrected chi connectivity index (χ1v) is 15.8. The predicted molar refractivity (Wildman–Crippen MR) is 183 cm³/mol. The van der Waals surface area contributed by atoms with Crippen LogP contribution in [0.1, 0.15) is 47.4 Å². The molecule has 11 heteroatoms. The first kappa shape index (κ1) is 36.6. The Hall–Kier alpha value is -5.26. The minimum absolute atomic E-state index is 0.0795. The van der Waals surface area contributed by atoms with E-state index in [9.17, 15) is 14.0 Å². The van der Waals surface area contributed by atoms with Crippen LogP contribution in [0.4, 0.5) is 4.39 Å². The Morgan fingerprint density at radius 1 is 0.837 bits per heavy atom. The number of halogens is 1. The Morgan fingerprint density at radius 2 is 1.51 bits per heavy atom. The van der Waals surface area contributed by atoms with Crippen LogP contribution in [0.15, 0.2) is 91.3 Å². The molecule has 0 amide bonds. The Balaban J connectivity index is 1.31. The summed E-state index contributed by atoms with van der Waals surface area (Å²) in [5.74, 6) is -0.619. The van der Waals surface area contributed by atoms with Gasteiger partial charge < -0.3 is 38.6 Å². The molecule has 0 saturated carbocycles. The lowest BCUT2D eigenvalue weighted by Crippen LogP contribution is -2.13. The molecule has 0 heterocycles. The smallest absolute Gasteiger partial charge is 0.366 e. The lowest BCUT2D eigenvalue weighted by Gasteiger charge is -2.19. The van der Waals surface area contributed by atoms with E-state index in [1.807, 2.05) is 48.5 Å². The van der Waals surface area contributed by atoms with Gasteiger partial charge in [-0.05, 0) is 83.4 Å². The van der Waals surface area contributed by atoms with Crippen molar-refractivity contribution in [1.29, 1.82) is 5.41 Å². The molecule has 0 aliphatic heterocycles. The summed E-state index contributed by atoms with van der Waals surface area (Å²) in [5.41, 5.74) is 1.80. The van der Waals surface area contributed by atoms with Crippen molar-refractivity contribution in [3.63, 3.8) is 0 Å². The first-order valence-electron chi connectivity index (χ1n) is 15.8. The Kier molecular flexibility index (Phi) is 14.1. The van der Waals surface area contributed by atoms with E-state index in [1.165, 1.54) is 6.21 Å². The van der Waals surface area contributed by atoms with Gasteiger partial charge in [-0.2, -0.15) is 4.39 Å². The molecule has 10 nitrogen and oxygen atoms in total. The summed E-state index contributed by atoms with van der Waals surface area (Å²) >= 11 is 0. The molecule has 0 radical (unpaired) electrons. The standard InChI is InChI=1S/C38H40FNO9/c1-4-35(27-6-11-30(12-7-27)45-19-5-18-43-3)48-32-15-16-33-29(24-32)10-17-36(34(33)25-40)49-38(42)28-8-13-31(14-9-28)46-22-20-44-21-23-47-37(41)26(2)39/h6-17,24-25,35,40H,2,4-5,18-23H2,1,3H3. The zero-order chi connectivity index (χ0) is 35.0. The Labute approximate surface area is 284 Å². The number of methoxy groups -OCH3 is 1. The van der Waals surface area contributed by atoms with Gasteiger partial charge >= 0.3 is 11.9 Å². The summed E-state index contributed by atoms with van der Waals surface area (Å²) in [6, 6.07) is 23.4. The fourth-order valence-corrected chi connectivity index (χ4v) is 4.78. The van der Waals surface area contributed by atoms with Gasteiger partial charge in [0.2, 0.25) is 5.83 Å². The average Bonchev–Trinajstić information content (AvgIpc) is 3.12. The van der Waals surface area contributed by atoms with Gasteiger partial charge in [0.15, 0.2) is 0 Å².